The van der Waals surface area contributed by atoms with E-state index in [0.717, 1.165) is 41.1 Å². The number of nitrogens with zero attached hydrogens (tertiary/aromatic N) is 5. The predicted octanol–water partition coefficient (Wildman–Crippen LogP) is 3.34. The third kappa shape index (κ3) is 2.73. The Bertz CT molecular complexity index is 1310. The summed E-state index contributed by atoms with van der Waals surface area (Å²) in [5.74, 6) is 1.30. The lowest BCUT2D eigenvalue weighted by atomic mass is 9.91. The SMILES string of the molecule is CC(C)(O)c1ncc(-c2ccc3nc4n(c3n2)C2(CCc3ccccc32)COC4)cn1. The lowest BCUT2D eigenvalue weighted by molar-refractivity contribution is 0.0225. The topological polar surface area (TPSA) is 86.0 Å². The van der Waals surface area contributed by atoms with Crippen LogP contribution in [0, 0.1) is 0 Å². The maximum absolute atomic E-state index is 10.1. The fraction of sp³-hybridized carbons (Fsp3) is 0.333. The van der Waals surface area contributed by atoms with Crippen molar-refractivity contribution in [3.63, 3.8) is 0 Å². The van der Waals surface area contributed by atoms with Crippen LogP contribution in [0.5, 0.6) is 0 Å². The minimum absolute atomic E-state index is 0.272. The van der Waals surface area contributed by atoms with Crippen molar-refractivity contribution in [3.05, 3.63) is 71.6 Å². The molecule has 0 bridgehead atoms. The number of rotatable bonds is 2. The first-order valence-corrected chi connectivity index (χ1v) is 10.6. The Morgan fingerprint density at radius 1 is 1.06 bits per heavy atom. The second kappa shape index (κ2) is 6.42. The third-order valence-electron chi connectivity index (χ3n) is 6.40. The highest BCUT2D eigenvalue weighted by molar-refractivity contribution is 5.77. The number of benzene rings is 1. The number of fused-ring (bicyclic) bond motifs is 6. The van der Waals surface area contributed by atoms with Gasteiger partial charge in [-0.05, 0) is 49.9 Å². The number of ether oxygens (including phenoxy) is 1. The maximum Gasteiger partial charge on any atom is 0.161 e. The molecule has 1 aliphatic heterocycles. The van der Waals surface area contributed by atoms with Gasteiger partial charge in [-0.2, -0.15) is 0 Å². The Balaban J connectivity index is 1.52. The Hall–Kier alpha value is -3.16. The first-order chi connectivity index (χ1) is 15.0. The van der Waals surface area contributed by atoms with Crippen LogP contribution in [0.2, 0.25) is 0 Å². The highest BCUT2D eigenvalue weighted by atomic mass is 16.5. The number of imidazole rings is 1. The van der Waals surface area contributed by atoms with E-state index in [2.05, 4.69) is 38.8 Å². The smallest absolute Gasteiger partial charge is 0.161 e. The molecule has 7 heteroatoms. The molecule has 1 spiro atoms. The first-order valence-electron chi connectivity index (χ1n) is 10.6. The van der Waals surface area contributed by atoms with Crippen molar-refractivity contribution in [1.82, 2.24) is 24.5 Å². The van der Waals surface area contributed by atoms with Crippen LogP contribution in [0.4, 0.5) is 0 Å². The van der Waals surface area contributed by atoms with Gasteiger partial charge in [0, 0.05) is 18.0 Å². The molecule has 0 fully saturated rings. The van der Waals surface area contributed by atoms with Crippen molar-refractivity contribution in [2.75, 3.05) is 6.61 Å². The number of hydrogen-bond donors (Lipinski definition) is 1. The molecule has 1 aromatic carbocycles. The van der Waals surface area contributed by atoms with E-state index >= 15 is 0 Å². The van der Waals surface area contributed by atoms with Crippen molar-refractivity contribution in [3.8, 4) is 11.3 Å². The Kier molecular flexibility index (Phi) is 3.85. The Morgan fingerprint density at radius 3 is 2.68 bits per heavy atom. The zero-order chi connectivity index (χ0) is 21.2. The minimum atomic E-state index is -1.08. The van der Waals surface area contributed by atoms with Crippen molar-refractivity contribution in [2.45, 2.75) is 44.4 Å². The summed E-state index contributed by atoms with van der Waals surface area (Å²) in [5.41, 5.74) is 4.63. The summed E-state index contributed by atoms with van der Waals surface area (Å²) < 4.78 is 8.32. The molecule has 1 N–H and O–H groups in total. The summed E-state index contributed by atoms with van der Waals surface area (Å²) in [6.45, 7) is 4.45. The Labute approximate surface area is 179 Å². The molecule has 1 aliphatic carbocycles. The molecule has 0 radical (unpaired) electrons. The van der Waals surface area contributed by atoms with Crippen LogP contribution >= 0.6 is 0 Å². The molecule has 0 saturated carbocycles. The van der Waals surface area contributed by atoms with Gasteiger partial charge in [0.2, 0.25) is 0 Å². The van der Waals surface area contributed by atoms with Gasteiger partial charge in [0.05, 0.1) is 17.8 Å². The summed E-state index contributed by atoms with van der Waals surface area (Å²) in [7, 11) is 0. The summed E-state index contributed by atoms with van der Waals surface area (Å²) in [4.78, 5) is 18.5. The van der Waals surface area contributed by atoms with Gasteiger partial charge < -0.3 is 9.84 Å². The van der Waals surface area contributed by atoms with Gasteiger partial charge in [0.25, 0.3) is 0 Å². The lowest BCUT2D eigenvalue weighted by Gasteiger charge is -2.37. The molecule has 2 aliphatic rings. The van der Waals surface area contributed by atoms with Crippen LogP contribution in [0.1, 0.15) is 43.0 Å². The zero-order valence-electron chi connectivity index (χ0n) is 17.5. The normalized spacial score (nSPS) is 20.2. The van der Waals surface area contributed by atoms with Crippen LogP contribution in [0.25, 0.3) is 22.4 Å². The van der Waals surface area contributed by atoms with Crippen LogP contribution < -0.4 is 0 Å². The molecule has 0 saturated heterocycles. The molecule has 156 valence electrons. The molecule has 6 rings (SSSR count). The van der Waals surface area contributed by atoms with Crippen LogP contribution in [-0.2, 0) is 28.9 Å². The number of aryl methyl sites for hydroxylation is 1. The van der Waals surface area contributed by atoms with Gasteiger partial charge in [-0.25, -0.2) is 19.9 Å². The van der Waals surface area contributed by atoms with Gasteiger partial charge in [-0.1, -0.05) is 24.3 Å². The molecule has 4 aromatic rings. The number of aliphatic hydroxyl groups is 1. The van der Waals surface area contributed by atoms with E-state index in [0.29, 0.717) is 19.0 Å². The van der Waals surface area contributed by atoms with Gasteiger partial charge in [-0.3, -0.25) is 4.57 Å². The van der Waals surface area contributed by atoms with Crippen molar-refractivity contribution in [1.29, 1.82) is 0 Å². The van der Waals surface area contributed by atoms with E-state index in [1.165, 1.54) is 11.1 Å². The summed E-state index contributed by atoms with van der Waals surface area (Å²) in [6, 6.07) is 12.6. The molecular weight excluding hydrogens is 390 g/mol. The molecule has 1 unspecified atom stereocenters. The largest absolute Gasteiger partial charge is 0.382 e. The van der Waals surface area contributed by atoms with E-state index in [9.17, 15) is 5.11 Å². The number of pyridine rings is 1. The number of aromatic nitrogens is 5. The van der Waals surface area contributed by atoms with E-state index in [-0.39, 0.29) is 5.54 Å². The molecule has 4 heterocycles. The molecule has 31 heavy (non-hydrogen) atoms. The van der Waals surface area contributed by atoms with Crippen LogP contribution in [0.3, 0.4) is 0 Å². The molecule has 7 nitrogen and oxygen atoms in total. The fourth-order valence-corrected chi connectivity index (χ4v) is 4.91. The van der Waals surface area contributed by atoms with Crippen molar-refractivity contribution in [2.24, 2.45) is 0 Å². The Morgan fingerprint density at radius 2 is 1.87 bits per heavy atom. The molecule has 0 amide bonds. The van der Waals surface area contributed by atoms with Gasteiger partial charge in [-0.15, -0.1) is 0 Å². The fourth-order valence-electron chi connectivity index (χ4n) is 4.91. The highest BCUT2D eigenvalue weighted by Crippen LogP contribution is 2.45. The maximum atomic E-state index is 10.1. The monoisotopic (exact) mass is 413 g/mol. The van der Waals surface area contributed by atoms with Crippen molar-refractivity contribution < 1.29 is 9.84 Å². The molecular formula is C24H23N5O2. The average molecular weight is 413 g/mol. The van der Waals surface area contributed by atoms with E-state index in [1.807, 2.05) is 12.1 Å². The molecule has 3 aromatic heterocycles. The quantitative estimate of drug-likeness (QED) is 0.543. The average Bonchev–Trinajstić information content (AvgIpc) is 3.33. The van der Waals surface area contributed by atoms with E-state index in [1.54, 1.807) is 26.2 Å². The summed E-state index contributed by atoms with van der Waals surface area (Å²) >= 11 is 0. The van der Waals surface area contributed by atoms with Crippen LogP contribution in [-0.4, -0.2) is 36.2 Å². The predicted molar refractivity (Wildman–Crippen MR) is 115 cm³/mol. The first kappa shape index (κ1) is 18.6. The second-order valence-corrected chi connectivity index (χ2v) is 8.94. The van der Waals surface area contributed by atoms with E-state index < -0.39 is 5.60 Å². The van der Waals surface area contributed by atoms with Gasteiger partial charge >= 0.3 is 0 Å². The van der Waals surface area contributed by atoms with E-state index in [4.69, 9.17) is 14.7 Å². The third-order valence-corrected chi connectivity index (χ3v) is 6.40. The minimum Gasteiger partial charge on any atom is -0.382 e. The highest BCUT2D eigenvalue weighted by Gasteiger charge is 2.45. The van der Waals surface area contributed by atoms with Crippen molar-refractivity contribution >= 4 is 11.2 Å². The molecule has 1 atom stereocenters. The summed E-state index contributed by atoms with van der Waals surface area (Å²) in [5, 5.41) is 10.1. The number of hydrogen-bond acceptors (Lipinski definition) is 6. The second-order valence-electron chi connectivity index (χ2n) is 8.94. The van der Waals surface area contributed by atoms with Gasteiger partial charge in [0.15, 0.2) is 11.5 Å². The zero-order valence-corrected chi connectivity index (χ0v) is 17.5. The van der Waals surface area contributed by atoms with Crippen LogP contribution in [0.15, 0.2) is 48.8 Å². The lowest BCUT2D eigenvalue weighted by Crippen LogP contribution is -2.42. The summed E-state index contributed by atoms with van der Waals surface area (Å²) in [6.07, 6.45) is 5.42. The standard InChI is InChI=1S/C24H23N5O2/c1-23(2,30)22-25-11-16(12-26-22)18-7-8-19-21(28-18)29-20(27-19)13-31-14-24(29)10-9-15-5-3-4-6-17(15)24/h3-8,11-12,30H,9-10,13-14H2,1-2H3. The van der Waals surface area contributed by atoms with Gasteiger partial charge in [0.1, 0.15) is 23.5 Å².